The lowest BCUT2D eigenvalue weighted by Gasteiger charge is -2.44. The van der Waals surface area contributed by atoms with Gasteiger partial charge in [0.1, 0.15) is 12.1 Å². The Labute approximate surface area is 203 Å². The van der Waals surface area contributed by atoms with Crippen LogP contribution in [0.5, 0.6) is 0 Å². The molecule has 0 bridgehead atoms. The zero-order chi connectivity index (χ0) is 25.3. The minimum Gasteiger partial charge on any atom is -0.478 e. The van der Waals surface area contributed by atoms with Gasteiger partial charge in [-0.2, -0.15) is 0 Å². The van der Waals surface area contributed by atoms with Crippen LogP contribution in [0, 0.1) is 11.8 Å². The molecule has 4 rings (SSSR count). The van der Waals surface area contributed by atoms with E-state index in [1.165, 1.54) is 28.2 Å². The van der Waals surface area contributed by atoms with Crippen LogP contribution in [0.25, 0.3) is 0 Å². The molecule has 2 aromatic carbocycles. The highest BCUT2D eigenvalue weighted by Crippen LogP contribution is 2.33. The molecule has 0 spiro atoms. The van der Waals surface area contributed by atoms with Gasteiger partial charge in [-0.1, -0.05) is 57.0 Å². The van der Waals surface area contributed by atoms with Gasteiger partial charge in [-0.25, -0.2) is 9.59 Å². The summed E-state index contributed by atoms with van der Waals surface area (Å²) in [7, 11) is 0. The van der Waals surface area contributed by atoms with Crippen molar-refractivity contribution in [1.82, 2.24) is 10.2 Å². The molecule has 0 saturated carbocycles. The monoisotopic (exact) mass is 478 g/mol. The molecule has 2 atom stereocenters. The van der Waals surface area contributed by atoms with Crippen LogP contribution in [0.2, 0.25) is 0 Å². The lowest BCUT2D eigenvalue weighted by atomic mass is 9.85. The molecular weight excluding hydrogens is 448 g/mol. The van der Waals surface area contributed by atoms with E-state index < -0.39 is 24.0 Å². The molecule has 35 heavy (non-hydrogen) atoms. The molecule has 0 unspecified atom stereocenters. The first kappa shape index (κ1) is 24.4. The minimum absolute atomic E-state index is 0.0783. The number of carbonyl (C=O) groups excluding carboxylic acids is 2. The summed E-state index contributed by atoms with van der Waals surface area (Å²) in [5.74, 6) is -3.13. The molecule has 8 heteroatoms. The van der Waals surface area contributed by atoms with E-state index in [1.807, 2.05) is 38.1 Å². The van der Waals surface area contributed by atoms with Crippen LogP contribution in [-0.2, 0) is 29.0 Å². The number of nitrogens with zero attached hydrogens (tertiary/aromatic N) is 1. The highest BCUT2D eigenvalue weighted by Gasteiger charge is 2.47. The maximum absolute atomic E-state index is 13.9. The third kappa shape index (κ3) is 4.65. The van der Waals surface area contributed by atoms with Crippen molar-refractivity contribution >= 4 is 23.8 Å². The molecule has 1 heterocycles. The van der Waals surface area contributed by atoms with Gasteiger partial charge in [-0.05, 0) is 53.5 Å². The third-order valence-corrected chi connectivity index (χ3v) is 7.43. The van der Waals surface area contributed by atoms with Crippen LogP contribution in [0.15, 0.2) is 42.5 Å². The van der Waals surface area contributed by atoms with Crippen molar-refractivity contribution in [3.8, 4) is 0 Å². The van der Waals surface area contributed by atoms with Crippen LogP contribution in [0.3, 0.4) is 0 Å². The van der Waals surface area contributed by atoms with Gasteiger partial charge in [0.05, 0.1) is 11.1 Å². The number of nitrogens with one attached hydrogen (secondary N) is 1. The van der Waals surface area contributed by atoms with Gasteiger partial charge >= 0.3 is 11.9 Å². The number of hydrogen-bond acceptors (Lipinski definition) is 4. The topological polar surface area (TPSA) is 124 Å². The molecule has 0 aromatic heterocycles. The standard InChI is InChI=1S/C27H30N2O6/c1-3-15(4-2)23-24(30)28-22(20-11-16-7-5-6-8-17(16)12-20)25(31)29(23)14-19-10-9-18(26(32)33)13-21(19)27(34)35/h5-10,13,15,20,22-23H,3-4,11-12,14H2,1-2H3,(H,28,30)(H,32,33)(H,34,35)/t22-,23-/m1/s1. The molecule has 1 fully saturated rings. The first-order chi connectivity index (χ1) is 16.7. The lowest BCUT2D eigenvalue weighted by Crippen LogP contribution is -2.66. The van der Waals surface area contributed by atoms with E-state index in [0.717, 1.165) is 6.07 Å². The number of benzene rings is 2. The number of rotatable bonds is 8. The Balaban J connectivity index is 1.70. The first-order valence-electron chi connectivity index (χ1n) is 12.0. The highest BCUT2D eigenvalue weighted by molar-refractivity contribution is 5.98. The van der Waals surface area contributed by atoms with Gasteiger partial charge in [0, 0.05) is 6.54 Å². The summed E-state index contributed by atoms with van der Waals surface area (Å²) in [6, 6.07) is 10.4. The molecule has 2 aromatic rings. The molecule has 1 aliphatic carbocycles. The second kappa shape index (κ2) is 9.90. The number of fused-ring (bicyclic) bond motifs is 1. The van der Waals surface area contributed by atoms with Crippen molar-refractivity contribution in [2.75, 3.05) is 0 Å². The van der Waals surface area contributed by atoms with Crippen molar-refractivity contribution in [2.24, 2.45) is 11.8 Å². The number of hydrogen-bond donors (Lipinski definition) is 3. The summed E-state index contributed by atoms with van der Waals surface area (Å²) in [5, 5.41) is 22.0. The van der Waals surface area contributed by atoms with Crippen molar-refractivity contribution < 1.29 is 29.4 Å². The first-order valence-corrected chi connectivity index (χ1v) is 12.0. The third-order valence-electron chi connectivity index (χ3n) is 7.43. The molecule has 0 radical (unpaired) electrons. The molecule has 1 aliphatic heterocycles. The molecular formula is C27H30N2O6. The normalized spacial score (nSPS) is 20.1. The maximum atomic E-state index is 13.9. The van der Waals surface area contributed by atoms with Crippen LogP contribution in [0.1, 0.15) is 64.1 Å². The molecule has 1 saturated heterocycles. The molecule has 2 aliphatic rings. The average molecular weight is 479 g/mol. The van der Waals surface area contributed by atoms with Crippen LogP contribution in [0.4, 0.5) is 0 Å². The lowest BCUT2D eigenvalue weighted by molar-refractivity contribution is -0.154. The van der Waals surface area contributed by atoms with E-state index >= 15 is 0 Å². The van der Waals surface area contributed by atoms with Gasteiger partial charge in [0.25, 0.3) is 0 Å². The number of carboxylic acid groups (broad SMARTS) is 2. The fourth-order valence-electron chi connectivity index (χ4n) is 5.52. The van der Waals surface area contributed by atoms with E-state index in [9.17, 15) is 29.4 Å². The summed E-state index contributed by atoms with van der Waals surface area (Å²) in [6.45, 7) is 3.85. The van der Waals surface area contributed by atoms with E-state index in [-0.39, 0.29) is 41.3 Å². The van der Waals surface area contributed by atoms with Crippen molar-refractivity contribution in [2.45, 2.75) is 58.2 Å². The number of piperazine rings is 1. The SMILES string of the molecule is CCC(CC)[C@@H]1C(=O)N[C@H](C2Cc3ccccc3C2)C(=O)N1Cc1ccc(C(=O)O)cc1C(=O)O. The van der Waals surface area contributed by atoms with E-state index in [4.69, 9.17) is 0 Å². The second-order valence-electron chi connectivity index (χ2n) is 9.39. The summed E-state index contributed by atoms with van der Waals surface area (Å²) in [4.78, 5) is 52.1. The Morgan fingerprint density at radius 3 is 2.17 bits per heavy atom. The Hall–Kier alpha value is -3.68. The smallest absolute Gasteiger partial charge is 0.336 e. The van der Waals surface area contributed by atoms with Crippen molar-refractivity contribution in [1.29, 1.82) is 0 Å². The highest BCUT2D eigenvalue weighted by atomic mass is 16.4. The number of carbonyl (C=O) groups is 4. The van der Waals surface area contributed by atoms with E-state index in [1.54, 1.807) is 0 Å². The number of amides is 2. The molecule has 3 N–H and O–H groups in total. The van der Waals surface area contributed by atoms with E-state index in [0.29, 0.717) is 31.2 Å². The average Bonchev–Trinajstić information content (AvgIpc) is 3.27. The van der Waals surface area contributed by atoms with Gasteiger partial charge in [0.2, 0.25) is 11.8 Å². The quantitative estimate of drug-likeness (QED) is 0.536. The summed E-state index contributed by atoms with van der Waals surface area (Å²) >= 11 is 0. The van der Waals surface area contributed by atoms with Gasteiger partial charge < -0.3 is 20.4 Å². The number of aromatic carboxylic acids is 2. The van der Waals surface area contributed by atoms with Gasteiger partial charge in [-0.3, -0.25) is 9.59 Å². The van der Waals surface area contributed by atoms with Crippen molar-refractivity contribution in [3.63, 3.8) is 0 Å². The summed E-state index contributed by atoms with van der Waals surface area (Å²) < 4.78 is 0. The van der Waals surface area contributed by atoms with Crippen LogP contribution >= 0.6 is 0 Å². The van der Waals surface area contributed by atoms with Crippen molar-refractivity contribution in [3.05, 3.63) is 70.3 Å². The Bertz CT molecular complexity index is 1150. The fraction of sp³-hybridized carbons (Fsp3) is 0.407. The zero-order valence-electron chi connectivity index (χ0n) is 19.9. The fourth-order valence-corrected chi connectivity index (χ4v) is 5.52. The predicted octanol–water partition coefficient (Wildman–Crippen LogP) is 3.13. The van der Waals surface area contributed by atoms with Crippen LogP contribution in [-0.4, -0.2) is 50.9 Å². The van der Waals surface area contributed by atoms with E-state index in [2.05, 4.69) is 5.32 Å². The van der Waals surface area contributed by atoms with Crippen LogP contribution < -0.4 is 5.32 Å². The maximum Gasteiger partial charge on any atom is 0.336 e. The molecule has 8 nitrogen and oxygen atoms in total. The molecule has 2 amide bonds. The Morgan fingerprint density at radius 2 is 1.63 bits per heavy atom. The number of carboxylic acids is 2. The van der Waals surface area contributed by atoms with Gasteiger partial charge in [0.15, 0.2) is 0 Å². The summed E-state index contributed by atoms with van der Waals surface area (Å²) in [6.07, 6.45) is 2.73. The van der Waals surface area contributed by atoms with Gasteiger partial charge in [-0.15, -0.1) is 0 Å². The largest absolute Gasteiger partial charge is 0.478 e. The Kier molecular flexibility index (Phi) is 6.91. The zero-order valence-corrected chi connectivity index (χ0v) is 19.9. The summed E-state index contributed by atoms with van der Waals surface area (Å²) in [5.41, 5.74) is 2.31. The predicted molar refractivity (Wildman–Crippen MR) is 128 cm³/mol. The molecule has 184 valence electrons. The Morgan fingerprint density at radius 1 is 1.00 bits per heavy atom. The second-order valence-corrected chi connectivity index (χ2v) is 9.39. The minimum atomic E-state index is -1.28.